The number of hydrogen-bond acceptors (Lipinski definition) is 4. The van der Waals surface area contributed by atoms with E-state index in [4.69, 9.17) is 18.0 Å². The lowest BCUT2D eigenvalue weighted by Crippen LogP contribution is -2.19. The standard InChI is InChI=1S/C11H12N4O2S2/c12-10(18)9-4-2-1-3-8(9)7-19(16,17)15-11-13-5-6-14-11/h1-6H,7H2,(H2,12,18)(H2,13,14,15). The molecule has 0 bridgehead atoms. The molecule has 4 N–H and O–H groups in total. The van der Waals surface area contributed by atoms with E-state index in [0.29, 0.717) is 11.1 Å². The lowest BCUT2D eigenvalue weighted by Gasteiger charge is -2.09. The number of thiocarbonyl (C=S) groups is 1. The zero-order chi connectivity index (χ0) is 13.9. The van der Waals surface area contributed by atoms with Gasteiger partial charge in [-0.3, -0.25) is 4.72 Å². The van der Waals surface area contributed by atoms with E-state index in [1.165, 1.54) is 12.4 Å². The largest absolute Gasteiger partial charge is 0.389 e. The fourth-order valence-electron chi connectivity index (χ4n) is 1.60. The highest BCUT2D eigenvalue weighted by molar-refractivity contribution is 7.91. The number of H-pyrrole nitrogens is 1. The number of sulfonamides is 1. The molecule has 8 heteroatoms. The summed E-state index contributed by atoms with van der Waals surface area (Å²) in [6.45, 7) is 0. The summed E-state index contributed by atoms with van der Waals surface area (Å²) in [4.78, 5) is 6.64. The quantitative estimate of drug-likeness (QED) is 0.714. The molecule has 0 saturated carbocycles. The number of anilines is 1. The number of nitrogens with one attached hydrogen (secondary N) is 2. The lowest BCUT2D eigenvalue weighted by molar-refractivity contribution is 0.600. The Morgan fingerprint density at radius 2 is 2.16 bits per heavy atom. The van der Waals surface area contributed by atoms with Crippen molar-refractivity contribution in [3.63, 3.8) is 0 Å². The summed E-state index contributed by atoms with van der Waals surface area (Å²) in [5.74, 6) is -0.0471. The van der Waals surface area contributed by atoms with Gasteiger partial charge >= 0.3 is 0 Å². The molecule has 0 fully saturated rings. The smallest absolute Gasteiger partial charge is 0.239 e. The van der Waals surface area contributed by atoms with Crippen LogP contribution in [0.25, 0.3) is 0 Å². The van der Waals surface area contributed by atoms with Gasteiger partial charge in [-0.1, -0.05) is 36.5 Å². The summed E-state index contributed by atoms with van der Waals surface area (Å²) in [7, 11) is -3.57. The average molecular weight is 296 g/mol. The molecule has 100 valence electrons. The number of hydrogen-bond donors (Lipinski definition) is 3. The molecule has 19 heavy (non-hydrogen) atoms. The van der Waals surface area contributed by atoms with Crippen LogP contribution < -0.4 is 10.5 Å². The van der Waals surface area contributed by atoms with Gasteiger partial charge in [0.05, 0.1) is 5.75 Å². The number of benzene rings is 1. The van der Waals surface area contributed by atoms with Crippen LogP contribution in [-0.2, 0) is 15.8 Å². The Morgan fingerprint density at radius 3 is 2.79 bits per heavy atom. The molecule has 0 aliphatic carbocycles. The van der Waals surface area contributed by atoms with Crippen molar-refractivity contribution in [2.45, 2.75) is 5.75 Å². The Kier molecular flexibility index (Phi) is 3.82. The molecule has 0 radical (unpaired) electrons. The fourth-order valence-corrected chi connectivity index (χ4v) is 2.93. The molecule has 0 spiro atoms. The van der Waals surface area contributed by atoms with Crippen molar-refractivity contribution < 1.29 is 8.42 Å². The average Bonchev–Trinajstić information content (AvgIpc) is 2.80. The fraction of sp³-hybridized carbons (Fsp3) is 0.0909. The van der Waals surface area contributed by atoms with Crippen molar-refractivity contribution in [2.75, 3.05) is 4.72 Å². The second-order valence-electron chi connectivity index (χ2n) is 3.82. The van der Waals surface area contributed by atoms with E-state index in [9.17, 15) is 8.42 Å². The van der Waals surface area contributed by atoms with Gasteiger partial charge in [0.15, 0.2) is 0 Å². The van der Waals surface area contributed by atoms with Gasteiger partial charge in [-0.2, -0.15) is 0 Å². The maximum Gasteiger partial charge on any atom is 0.239 e. The van der Waals surface area contributed by atoms with Gasteiger partial charge in [0.1, 0.15) is 4.99 Å². The van der Waals surface area contributed by atoms with Crippen molar-refractivity contribution in [2.24, 2.45) is 5.73 Å². The summed E-state index contributed by atoms with van der Waals surface area (Å²) in [6, 6.07) is 6.86. The zero-order valence-electron chi connectivity index (χ0n) is 9.83. The highest BCUT2D eigenvalue weighted by Crippen LogP contribution is 2.14. The van der Waals surface area contributed by atoms with Crippen LogP contribution in [0.1, 0.15) is 11.1 Å². The Hall–Kier alpha value is -1.93. The second-order valence-corrected chi connectivity index (χ2v) is 5.98. The molecule has 1 aromatic heterocycles. The van der Waals surface area contributed by atoms with E-state index in [0.717, 1.165) is 0 Å². The minimum absolute atomic E-state index is 0.170. The number of aromatic amines is 1. The van der Waals surface area contributed by atoms with Crippen molar-refractivity contribution in [1.29, 1.82) is 0 Å². The van der Waals surface area contributed by atoms with Crippen molar-refractivity contribution >= 4 is 33.2 Å². The molecule has 2 aromatic rings. The van der Waals surface area contributed by atoms with Crippen LogP contribution in [0.4, 0.5) is 5.95 Å². The topological polar surface area (TPSA) is 101 Å². The third-order valence-corrected chi connectivity index (χ3v) is 3.79. The lowest BCUT2D eigenvalue weighted by atomic mass is 10.1. The van der Waals surface area contributed by atoms with Crippen molar-refractivity contribution in [1.82, 2.24) is 9.97 Å². The summed E-state index contributed by atoms with van der Waals surface area (Å²) >= 11 is 4.90. The van der Waals surface area contributed by atoms with Gasteiger partial charge in [0, 0.05) is 18.0 Å². The number of nitrogens with zero attached hydrogens (tertiary/aromatic N) is 1. The van der Waals surface area contributed by atoms with E-state index >= 15 is 0 Å². The summed E-state index contributed by atoms with van der Waals surface area (Å²) < 4.78 is 26.3. The summed E-state index contributed by atoms with van der Waals surface area (Å²) in [5.41, 5.74) is 6.67. The van der Waals surface area contributed by atoms with E-state index < -0.39 is 10.0 Å². The van der Waals surface area contributed by atoms with Gasteiger partial charge in [-0.15, -0.1) is 0 Å². The first-order valence-corrected chi connectivity index (χ1v) is 7.41. The minimum Gasteiger partial charge on any atom is -0.389 e. The molecule has 0 unspecified atom stereocenters. The second kappa shape index (κ2) is 5.37. The predicted octanol–water partition coefficient (Wildman–Crippen LogP) is 0.986. The van der Waals surface area contributed by atoms with E-state index in [-0.39, 0.29) is 16.7 Å². The van der Waals surface area contributed by atoms with Crippen LogP contribution in [0.5, 0.6) is 0 Å². The molecule has 0 saturated heterocycles. The van der Waals surface area contributed by atoms with Gasteiger partial charge in [-0.05, 0) is 5.56 Å². The first-order chi connectivity index (χ1) is 8.98. The molecular formula is C11H12N4O2S2. The van der Waals surface area contributed by atoms with Gasteiger partial charge < -0.3 is 10.7 Å². The Morgan fingerprint density at radius 1 is 1.42 bits per heavy atom. The van der Waals surface area contributed by atoms with E-state index in [1.54, 1.807) is 24.3 Å². The first kappa shape index (κ1) is 13.5. The van der Waals surface area contributed by atoms with Gasteiger partial charge in [-0.25, -0.2) is 13.4 Å². The molecule has 0 aliphatic heterocycles. The normalized spacial score (nSPS) is 11.2. The minimum atomic E-state index is -3.57. The van der Waals surface area contributed by atoms with Gasteiger partial charge in [0.25, 0.3) is 0 Å². The van der Waals surface area contributed by atoms with Crippen LogP contribution in [0.3, 0.4) is 0 Å². The molecule has 0 aliphatic rings. The number of rotatable bonds is 5. The molecule has 0 amide bonds. The maximum atomic E-state index is 12.0. The first-order valence-electron chi connectivity index (χ1n) is 5.35. The van der Waals surface area contributed by atoms with Crippen LogP contribution in [0.2, 0.25) is 0 Å². The van der Waals surface area contributed by atoms with E-state index in [2.05, 4.69) is 14.7 Å². The van der Waals surface area contributed by atoms with Crippen molar-refractivity contribution in [3.8, 4) is 0 Å². The number of nitrogens with two attached hydrogens (primary N) is 1. The monoisotopic (exact) mass is 296 g/mol. The van der Waals surface area contributed by atoms with Crippen LogP contribution in [-0.4, -0.2) is 23.4 Å². The summed E-state index contributed by atoms with van der Waals surface area (Å²) in [6.07, 6.45) is 2.99. The Bertz CT molecular complexity index is 680. The number of aromatic nitrogens is 2. The molecule has 0 atom stereocenters. The molecule has 1 aromatic carbocycles. The van der Waals surface area contributed by atoms with Crippen molar-refractivity contribution in [3.05, 3.63) is 47.8 Å². The van der Waals surface area contributed by atoms with E-state index in [1.807, 2.05) is 0 Å². The molecule has 6 nitrogen and oxygen atoms in total. The zero-order valence-corrected chi connectivity index (χ0v) is 11.5. The third kappa shape index (κ3) is 3.52. The highest BCUT2D eigenvalue weighted by atomic mass is 32.2. The predicted molar refractivity (Wildman–Crippen MR) is 77.2 cm³/mol. The van der Waals surface area contributed by atoms with Gasteiger partial charge in [0.2, 0.25) is 16.0 Å². The Balaban J connectivity index is 2.23. The SMILES string of the molecule is NC(=S)c1ccccc1CS(=O)(=O)Nc1ncc[nH]1. The molecule has 2 rings (SSSR count). The third-order valence-electron chi connectivity index (χ3n) is 2.38. The molecule has 1 heterocycles. The summed E-state index contributed by atoms with van der Waals surface area (Å²) in [5, 5.41) is 0. The Labute approximate surface area is 116 Å². The molecular weight excluding hydrogens is 284 g/mol. The highest BCUT2D eigenvalue weighted by Gasteiger charge is 2.16. The number of imidazole rings is 1. The van der Waals surface area contributed by atoms with Crippen LogP contribution >= 0.6 is 12.2 Å². The maximum absolute atomic E-state index is 12.0. The van der Waals surface area contributed by atoms with Crippen LogP contribution in [0.15, 0.2) is 36.7 Å². The van der Waals surface area contributed by atoms with Crippen LogP contribution in [0, 0.1) is 0 Å².